The lowest BCUT2D eigenvalue weighted by molar-refractivity contribution is -0.126. The van der Waals surface area contributed by atoms with Crippen LogP contribution in [0, 0.1) is 11.8 Å². The topological polar surface area (TPSA) is 20.3 Å². The van der Waals surface area contributed by atoms with E-state index in [1.54, 1.807) is 0 Å². The van der Waals surface area contributed by atoms with Gasteiger partial charge in [0.15, 0.2) is 0 Å². The van der Waals surface area contributed by atoms with Gasteiger partial charge in [-0.3, -0.25) is 4.79 Å². The zero-order chi connectivity index (χ0) is 13.0. The van der Waals surface area contributed by atoms with Crippen LogP contribution in [0.25, 0.3) is 0 Å². The highest BCUT2D eigenvalue weighted by atomic mass is 16.2. The molecular formula is C15H25NO. The molecule has 0 aromatic rings. The summed E-state index contributed by atoms with van der Waals surface area (Å²) in [7, 11) is 0. The van der Waals surface area contributed by atoms with Crippen molar-refractivity contribution in [2.75, 3.05) is 13.1 Å². The van der Waals surface area contributed by atoms with E-state index in [2.05, 4.69) is 19.1 Å². The molecule has 0 aromatic carbocycles. The normalized spacial score (nSPS) is 24.8. The zero-order valence-electron chi connectivity index (χ0n) is 11.8. The fraction of sp³-hybridized carbons (Fsp3) is 0.667. The minimum Gasteiger partial charge on any atom is -0.339 e. The van der Waals surface area contributed by atoms with Gasteiger partial charge in [0.1, 0.15) is 0 Å². The Hall–Kier alpha value is -1.05. The fourth-order valence-corrected chi connectivity index (χ4v) is 2.30. The third-order valence-corrected chi connectivity index (χ3v) is 3.44. The van der Waals surface area contributed by atoms with Crippen molar-refractivity contribution >= 4 is 5.91 Å². The van der Waals surface area contributed by atoms with Gasteiger partial charge < -0.3 is 4.90 Å². The maximum absolute atomic E-state index is 12.2. The second-order valence-corrected chi connectivity index (χ2v) is 4.47. The maximum atomic E-state index is 12.2. The first-order chi connectivity index (χ1) is 8.17. The summed E-state index contributed by atoms with van der Waals surface area (Å²) in [4.78, 5) is 14.0. The Balaban J connectivity index is 0.000000686. The number of carbonyl (C=O) groups excluding carboxylic acids is 1. The quantitative estimate of drug-likeness (QED) is 0.734. The van der Waals surface area contributed by atoms with Gasteiger partial charge in [-0.25, -0.2) is 0 Å². The van der Waals surface area contributed by atoms with Gasteiger partial charge in [-0.15, -0.1) is 0 Å². The monoisotopic (exact) mass is 235 g/mol. The predicted octanol–water partition coefficient (Wildman–Crippen LogP) is 3.40. The Morgan fingerprint density at radius 3 is 2.29 bits per heavy atom. The molecule has 96 valence electrons. The molecule has 1 saturated carbocycles. The number of hydrogen-bond acceptors (Lipinski definition) is 1. The molecule has 2 aliphatic carbocycles. The summed E-state index contributed by atoms with van der Waals surface area (Å²) >= 11 is 0. The van der Waals surface area contributed by atoms with Gasteiger partial charge in [0.2, 0.25) is 0 Å². The van der Waals surface area contributed by atoms with E-state index >= 15 is 0 Å². The summed E-state index contributed by atoms with van der Waals surface area (Å²) in [6.45, 7) is 11.7. The van der Waals surface area contributed by atoms with Crippen molar-refractivity contribution in [2.24, 2.45) is 11.8 Å². The molecule has 0 spiro atoms. The lowest BCUT2D eigenvalue weighted by Crippen LogP contribution is -2.32. The van der Waals surface area contributed by atoms with Crippen LogP contribution in [0.1, 0.15) is 41.0 Å². The average Bonchev–Trinajstić information content (AvgIpc) is 3.10. The molecule has 0 bridgehead atoms. The molecule has 2 aliphatic rings. The first kappa shape index (κ1) is 14.0. The number of amides is 1. The van der Waals surface area contributed by atoms with Crippen LogP contribution in [0.5, 0.6) is 0 Å². The van der Waals surface area contributed by atoms with Crippen molar-refractivity contribution in [3.05, 3.63) is 23.3 Å². The molecule has 17 heavy (non-hydrogen) atoms. The Kier molecular flexibility index (Phi) is 4.98. The number of likely N-dealkylation sites (N-methyl/N-ethyl adjacent to an activating group) is 1. The van der Waals surface area contributed by atoms with Crippen LogP contribution in [0.3, 0.4) is 0 Å². The average molecular weight is 235 g/mol. The fourth-order valence-electron chi connectivity index (χ4n) is 2.30. The maximum Gasteiger partial charge on any atom is 0.253 e. The number of nitrogens with zero attached hydrogens (tertiary/aromatic N) is 1. The summed E-state index contributed by atoms with van der Waals surface area (Å²) in [6.07, 6.45) is 5.69. The molecule has 0 saturated heterocycles. The number of allylic oxidation sites excluding steroid dienone is 2. The number of rotatable bonds is 3. The second-order valence-electron chi connectivity index (χ2n) is 4.47. The van der Waals surface area contributed by atoms with Gasteiger partial charge in [-0.2, -0.15) is 0 Å². The van der Waals surface area contributed by atoms with Crippen LogP contribution in [0.15, 0.2) is 23.3 Å². The van der Waals surface area contributed by atoms with Crippen molar-refractivity contribution in [1.29, 1.82) is 0 Å². The molecule has 2 heteroatoms. The van der Waals surface area contributed by atoms with Crippen LogP contribution in [-0.4, -0.2) is 23.9 Å². The molecule has 0 aromatic heterocycles. The van der Waals surface area contributed by atoms with Crippen LogP contribution in [0.2, 0.25) is 0 Å². The molecule has 2 nitrogen and oxygen atoms in total. The van der Waals surface area contributed by atoms with E-state index in [9.17, 15) is 4.79 Å². The Labute approximate surface area is 105 Å². The first-order valence-electron chi connectivity index (χ1n) is 6.87. The van der Waals surface area contributed by atoms with Crippen LogP contribution >= 0.6 is 0 Å². The number of fused-ring (bicyclic) bond motifs is 1. The highest BCUT2D eigenvalue weighted by molar-refractivity contribution is 5.98. The Morgan fingerprint density at radius 2 is 1.76 bits per heavy atom. The zero-order valence-corrected chi connectivity index (χ0v) is 11.8. The van der Waals surface area contributed by atoms with Crippen molar-refractivity contribution in [1.82, 2.24) is 4.90 Å². The Bertz CT molecular complexity index is 337. The van der Waals surface area contributed by atoms with Crippen LogP contribution in [0.4, 0.5) is 0 Å². The summed E-state index contributed by atoms with van der Waals surface area (Å²) in [5, 5.41) is 0. The molecular weight excluding hydrogens is 210 g/mol. The molecule has 1 amide bonds. The van der Waals surface area contributed by atoms with Crippen LogP contribution in [-0.2, 0) is 4.79 Å². The largest absolute Gasteiger partial charge is 0.339 e. The highest BCUT2D eigenvalue weighted by Crippen LogP contribution is 2.46. The predicted molar refractivity (Wildman–Crippen MR) is 72.7 cm³/mol. The lowest BCUT2D eigenvalue weighted by Gasteiger charge is -2.22. The molecule has 2 rings (SSSR count). The smallest absolute Gasteiger partial charge is 0.253 e. The summed E-state index contributed by atoms with van der Waals surface area (Å²) in [5.74, 6) is 1.60. The third-order valence-electron chi connectivity index (χ3n) is 3.44. The number of hydrogen-bond donors (Lipinski definition) is 0. The van der Waals surface area contributed by atoms with Gasteiger partial charge in [0, 0.05) is 18.7 Å². The van der Waals surface area contributed by atoms with E-state index in [1.807, 2.05) is 32.6 Å². The summed E-state index contributed by atoms with van der Waals surface area (Å²) < 4.78 is 0. The van der Waals surface area contributed by atoms with E-state index in [-0.39, 0.29) is 5.91 Å². The molecule has 2 unspecified atom stereocenters. The summed E-state index contributed by atoms with van der Waals surface area (Å²) in [5.41, 5.74) is 2.11. The molecule has 0 aliphatic heterocycles. The van der Waals surface area contributed by atoms with E-state index in [1.165, 1.54) is 12.0 Å². The van der Waals surface area contributed by atoms with Gasteiger partial charge in [-0.05, 0) is 44.6 Å². The third kappa shape index (κ3) is 2.99. The van der Waals surface area contributed by atoms with E-state index in [4.69, 9.17) is 0 Å². The number of carbonyl (C=O) groups is 1. The first-order valence-corrected chi connectivity index (χ1v) is 6.87. The van der Waals surface area contributed by atoms with Gasteiger partial charge >= 0.3 is 0 Å². The minimum atomic E-state index is 0.208. The standard InChI is InChI=1S/C13H19NO.C2H6/c1-4-14(5-2)13(15)12-8-11-7-10(11)6-9(12)3;1-2/h6,8,10-11H,4-5,7H2,1-3H3;1-2H3. The molecule has 2 atom stereocenters. The SMILES string of the molecule is CC.CCN(CC)C(=O)C1=CC2CC2C=C1C. The minimum absolute atomic E-state index is 0.208. The highest BCUT2D eigenvalue weighted by Gasteiger charge is 2.38. The van der Waals surface area contributed by atoms with Crippen LogP contribution < -0.4 is 0 Å². The second kappa shape index (κ2) is 6.04. The molecule has 0 N–H and O–H groups in total. The molecule has 0 radical (unpaired) electrons. The van der Waals surface area contributed by atoms with Crippen molar-refractivity contribution in [3.8, 4) is 0 Å². The van der Waals surface area contributed by atoms with E-state index in [0.717, 1.165) is 24.6 Å². The van der Waals surface area contributed by atoms with E-state index < -0.39 is 0 Å². The molecule has 0 heterocycles. The molecule has 1 fully saturated rings. The van der Waals surface area contributed by atoms with Gasteiger partial charge in [-0.1, -0.05) is 26.0 Å². The lowest BCUT2D eigenvalue weighted by atomic mass is 9.98. The van der Waals surface area contributed by atoms with Gasteiger partial charge in [0.05, 0.1) is 0 Å². The van der Waals surface area contributed by atoms with Crippen molar-refractivity contribution in [3.63, 3.8) is 0 Å². The van der Waals surface area contributed by atoms with Crippen molar-refractivity contribution < 1.29 is 4.79 Å². The van der Waals surface area contributed by atoms with Gasteiger partial charge in [0.25, 0.3) is 5.91 Å². The van der Waals surface area contributed by atoms with Crippen molar-refractivity contribution in [2.45, 2.75) is 41.0 Å². The van der Waals surface area contributed by atoms with E-state index in [0.29, 0.717) is 5.92 Å². The Morgan fingerprint density at radius 1 is 1.24 bits per heavy atom. The summed E-state index contributed by atoms with van der Waals surface area (Å²) in [6, 6.07) is 0.